The van der Waals surface area contributed by atoms with E-state index in [1.54, 1.807) is 0 Å². The summed E-state index contributed by atoms with van der Waals surface area (Å²) in [5.41, 5.74) is 2.65. The van der Waals surface area contributed by atoms with Crippen LogP contribution in [0.4, 0.5) is 0 Å². The Labute approximate surface area is 169 Å². The molecule has 1 fully saturated rings. The van der Waals surface area contributed by atoms with Crippen LogP contribution in [0.3, 0.4) is 0 Å². The molecule has 28 heavy (non-hydrogen) atoms. The molecule has 1 aromatic heterocycles. The number of carbonyl (C=O) groups excluding carboxylic acids is 1. The molecule has 2 aromatic carbocycles. The van der Waals surface area contributed by atoms with Gasteiger partial charge in [-0.1, -0.05) is 23.7 Å². The molecule has 146 valence electrons. The average molecular weight is 399 g/mol. The molecule has 6 nitrogen and oxygen atoms in total. The fourth-order valence-electron chi connectivity index (χ4n) is 3.33. The smallest absolute Gasteiger partial charge is 0.251 e. The zero-order valence-corrected chi connectivity index (χ0v) is 16.4. The summed E-state index contributed by atoms with van der Waals surface area (Å²) < 4.78 is 7.22. The van der Waals surface area contributed by atoms with Crippen LogP contribution in [0.2, 0.25) is 5.02 Å². The van der Waals surface area contributed by atoms with Crippen molar-refractivity contribution in [1.29, 1.82) is 0 Å². The summed E-state index contributed by atoms with van der Waals surface area (Å²) in [6, 6.07) is 13.3. The van der Waals surface area contributed by atoms with E-state index in [9.17, 15) is 4.79 Å². The van der Waals surface area contributed by atoms with Crippen LogP contribution >= 0.6 is 11.6 Å². The SMILES string of the molecule is O=C(NCCN1CCOCC1)c1ccc2nn(Cc3ccc(Cl)cc3)cc2c1. The summed E-state index contributed by atoms with van der Waals surface area (Å²) >= 11 is 5.94. The summed E-state index contributed by atoms with van der Waals surface area (Å²) in [7, 11) is 0. The van der Waals surface area contributed by atoms with Crippen molar-refractivity contribution in [3.63, 3.8) is 0 Å². The van der Waals surface area contributed by atoms with Gasteiger partial charge in [0.05, 0.1) is 25.3 Å². The van der Waals surface area contributed by atoms with E-state index < -0.39 is 0 Å². The van der Waals surface area contributed by atoms with Crippen LogP contribution in [0.25, 0.3) is 10.9 Å². The Hall–Kier alpha value is -2.41. The third-order valence-electron chi connectivity index (χ3n) is 4.89. The maximum Gasteiger partial charge on any atom is 0.251 e. The van der Waals surface area contributed by atoms with Gasteiger partial charge in [0, 0.05) is 48.3 Å². The first-order valence-electron chi connectivity index (χ1n) is 9.47. The minimum atomic E-state index is -0.0550. The second-order valence-corrected chi connectivity index (χ2v) is 7.37. The van der Waals surface area contributed by atoms with Crippen LogP contribution in [0.1, 0.15) is 15.9 Å². The first-order chi connectivity index (χ1) is 13.7. The molecule has 0 spiro atoms. The molecule has 7 heteroatoms. The van der Waals surface area contributed by atoms with Crippen LogP contribution in [-0.2, 0) is 11.3 Å². The van der Waals surface area contributed by atoms with Crippen molar-refractivity contribution < 1.29 is 9.53 Å². The Morgan fingerprint density at radius 3 is 2.71 bits per heavy atom. The molecule has 1 saturated heterocycles. The van der Waals surface area contributed by atoms with E-state index in [0.29, 0.717) is 18.7 Å². The van der Waals surface area contributed by atoms with Gasteiger partial charge in [0.2, 0.25) is 0 Å². The van der Waals surface area contributed by atoms with E-state index in [2.05, 4.69) is 15.3 Å². The number of halogens is 1. The van der Waals surface area contributed by atoms with Gasteiger partial charge in [-0.15, -0.1) is 0 Å². The largest absolute Gasteiger partial charge is 0.379 e. The monoisotopic (exact) mass is 398 g/mol. The number of hydrogen-bond donors (Lipinski definition) is 1. The van der Waals surface area contributed by atoms with Crippen molar-refractivity contribution in [2.24, 2.45) is 0 Å². The number of ether oxygens (including phenoxy) is 1. The third kappa shape index (κ3) is 4.70. The van der Waals surface area contributed by atoms with Gasteiger partial charge in [-0.2, -0.15) is 5.10 Å². The van der Waals surface area contributed by atoms with E-state index in [4.69, 9.17) is 16.3 Å². The Morgan fingerprint density at radius 2 is 1.93 bits per heavy atom. The summed E-state index contributed by atoms with van der Waals surface area (Å²) in [6.07, 6.45) is 1.97. The molecule has 0 bridgehead atoms. The number of nitrogens with zero attached hydrogens (tertiary/aromatic N) is 3. The molecule has 1 aliphatic rings. The summed E-state index contributed by atoms with van der Waals surface area (Å²) in [5.74, 6) is -0.0550. The van der Waals surface area contributed by atoms with Gasteiger partial charge in [-0.3, -0.25) is 14.4 Å². The molecular weight excluding hydrogens is 376 g/mol. The van der Waals surface area contributed by atoms with Gasteiger partial charge in [0.1, 0.15) is 0 Å². The van der Waals surface area contributed by atoms with Crippen LogP contribution in [0, 0.1) is 0 Å². The van der Waals surface area contributed by atoms with Crippen LogP contribution in [-0.4, -0.2) is 60.0 Å². The second kappa shape index (κ2) is 8.73. The maximum absolute atomic E-state index is 12.5. The fraction of sp³-hybridized carbons (Fsp3) is 0.333. The standard InChI is InChI=1S/C21H23ClN4O2/c22-19-4-1-16(2-5-19)14-26-15-18-13-17(3-6-20(18)24-26)21(27)23-7-8-25-9-11-28-12-10-25/h1-6,13,15H,7-12,14H2,(H,23,27). The molecule has 0 atom stereocenters. The van der Waals surface area contributed by atoms with Crippen LogP contribution in [0.5, 0.6) is 0 Å². The quantitative estimate of drug-likeness (QED) is 0.693. The van der Waals surface area contributed by atoms with Gasteiger partial charge in [-0.05, 0) is 35.9 Å². The molecule has 0 saturated carbocycles. The van der Waals surface area contributed by atoms with Gasteiger partial charge >= 0.3 is 0 Å². The third-order valence-corrected chi connectivity index (χ3v) is 5.14. The number of carbonyl (C=O) groups is 1. The Morgan fingerprint density at radius 1 is 1.14 bits per heavy atom. The highest BCUT2D eigenvalue weighted by Crippen LogP contribution is 2.16. The van der Waals surface area contributed by atoms with Gasteiger partial charge < -0.3 is 10.1 Å². The lowest BCUT2D eigenvalue weighted by atomic mass is 10.1. The topological polar surface area (TPSA) is 59.4 Å². The van der Waals surface area contributed by atoms with E-state index in [1.165, 1.54) is 0 Å². The van der Waals surface area contributed by atoms with Gasteiger partial charge in [0.15, 0.2) is 0 Å². The zero-order chi connectivity index (χ0) is 19.3. The summed E-state index contributed by atoms with van der Waals surface area (Å²) in [5, 5.41) is 9.26. The molecule has 1 N–H and O–H groups in total. The molecular formula is C21H23ClN4O2. The number of benzene rings is 2. The molecule has 0 aliphatic carbocycles. The Balaban J connectivity index is 1.38. The fourth-order valence-corrected chi connectivity index (χ4v) is 3.46. The van der Waals surface area contributed by atoms with E-state index in [-0.39, 0.29) is 5.91 Å². The molecule has 1 amide bonds. The normalized spacial score (nSPS) is 15.0. The minimum Gasteiger partial charge on any atom is -0.379 e. The lowest BCUT2D eigenvalue weighted by Crippen LogP contribution is -2.41. The molecule has 0 unspecified atom stereocenters. The van der Waals surface area contributed by atoms with Crippen LogP contribution in [0.15, 0.2) is 48.7 Å². The second-order valence-electron chi connectivity index (χ2n) is 6.94. The number of hydrogen-bond acceptors (Lipinski definition) is 4. The van der Waals surface area contributed by atoms with Crippen molar-refractivity contribution >= 4 is 28.4 Å². The first kappa shape index (κ1) is 18.9. The maximum atomic E-state index is 12.5. The van der Waals surface area contributed by atoms with Gasteiger partial charge in [-0.25, -0.2) is 0 Å². The highest BCUT2D eigenvalue weighted by molar-refractivity contribution is 6.30. The average Bonchev–Trinajstić information content (AvgIpc) is 3.12. The van der Waals surface area contributed by atoms with E-state index in [0.717, 1.165) is 54.3 Å². The Kier molecular flexibility index (Phi) is 5.90. The molecule has 1 aliphatic heterocycles. The molecule has 3 aromatic rings. The van der Waals surface area contributed by atoms with Crippen molar-refractivity contribution in [3.05, 3.63) is 64.8 Å². The predicted molar refractivity (Wildman–Crippen MR) is 110 cm³/mol. The lowest BCUT2D eigenvalue weighted by molar-refractivity contribution is 0.0383. The number of amides is 1. The van der Waals surface area contributed by atoms with Crippen molar-refractivity contribution in [2.75, 3.05) is 39.4 Å². The van der Waals surface area contributed by atoms with Crippen LogP contribution < -0.4 is 5.32 Å². The molecule has 4 rings (SSSR count). The van der Waals surface area contributed by atoms with Gasteiger partial charge in [0.25, 0.3) is 5.91 Å². The highest BCUT2D eigenvalue weighted by atomic mass is 35.5. The predicted octanol–water partition coefficient (Wildman–Crippen LogP) is 2.80. The number of morpholine rings is 1. The first-order valence-corrected chi connectivity index (χ1v) is 9.85. The molecule has 2 heterocycles. The minimum absolute atomic E-state index is 0.0550. The number of aromatic nitrogens is 2. The number of nitrogens with one attached hydrogen (secondary N) is 1. The van der Waals surface area contributed by atoms with Crippen molar-refractivity contribution in [3.8, 4) is 0 Å². The molecule has 0 radical (unpaired) electrons. The highest BCUT2D eigenvalue weighted by Gasteiger charge is 2.12. The summed E-state index contributed by atoms with van der Waals surface area (Å²) in [4.78, 5) is 14.8. The summed E-state index contributed by atoms with van der Waals surface area (Å²) in [6.45, 7) is 5.52. The lowest BCUT2D eigenvalue weighted by Gasteiger charge is -2.26. The number of rotatable bonds is 6. The van der Waals surface area contributed by atoms with Crippen molar-refractivity contribution in [1.82, 2.24) is 20.0 Å². The van der Waals surface area contributed by atoms with Crippen molar-refractivity contribution in [2.45, 2.75) is 6.54 Å². The van der Waals surface area contributed by atoms with E-state index in [1.807, 2.05) is 53.3 Å². The number of fused-ring (bicyclic) bond motifs is 1. The Bertz CT molecular complexity index is 949. The zero-order valence-electron chi connectivity index (χ0n) is 15.6. The van der Waals surface area contributed by atoms with E-state index >= 15 is 0 Å².